The molecule has 0 fully saturated rings. The Hall–Kier alpha value is -3.52. The third-order valence-corrected chi connectivity index (χ3v) is 5.50. The summed E-state index contributed by atoms with van der Waals surface area (Å²) in [6.45, 7) is 1.88. The van der Waals surface area contributed by atoms with Crippen LogP contribution >= 0.6 is 11.3 Å². The van der Waals surface area contributed by atoms with Gasteiger partial charge in [0.05, 0.1) is 24.1 Å². The van der Waals surface area contributed by atoms with Crippen molar-refractivity contribution in [1.82, 2.24) is 0 Å². The van der Waals surface area contributed by atoms with Crippen LogP contribution in [0.25, 0.3) is 5.57 Å². The predicted octanol–water partition coefficient (Wildman–Crippen LogP) is 4.74. The molecule has 0 saturated carbocycles. The van der Waals surface area contributed by atoms with Gasteiger partial charge in [0.2, 0.25) is 0 Å². The van der Waals surface area contributed by atoms with Crippen molar-refractivity contribution >= 4 is 40.1 Å². The molecular weight excluding hydrogens is 410 g/mol. The molecule has 0 radical (unpaired) electrons. The molecule has 8 heteroatoms. The normalized spacial score (nSPS) is 13.9. The van der Waals surface area contributed by atoms with Gasteiger partial charge in [-0.05, 0) is 48.2 Å². The van der Waals surface area contributed by atoms with Gasteiger partial charge >= 0.3 is 0 Å². The van der Waals surface area contributed by atoms with Crippen LogP contribution in [0.3, 0.4) is 0 Å². The average molecular weight is 426 g/mol. The van der Waals surface area contributed by atoms with Crippen LogP contribution in [0.1, 0.15) is 10.4 Å². The molecule has 4 rings (SSSR count). The number of amides is 2. The quantitative estimate of drug-likeness (QED) is 0.599. The molecule has 3 aromatic rings. The Morgan fingerprint density at radius 3 is 2.50 bits per heavy atom. The average Bonchev–Trinajstić information content (AvgIpc) is 3.30. The first-order chi connectivity index (χ1) is 14.4. The molecular formula is C22H16F2N2O3S. The SMILES string of the molecule is COc1ccc(C)cc1NC1=C(c2cccs2)C(=O)N(c2ccc(F)cc2F)C1=O. The van der Waals surface area contributed by atoms with E-state index < -0.39 is 23.4 Å². The molecule has 1 aromatic heterocycles. The van der Waals surface area contributed by atoms with Gasteiger partial charge in [-0.15, -0.1) is 11.3 Å². The maximum Gasteiger partial charge on any atom is 0.282 e. The zero-order valence-electron chi connectivity index (χ0n) is 16.0. The molecule has 1 N–H and O–H groups in total. The molecule has 152 valence electrons. The summed E-state index contributed by atoms with van der Waals surface area (Å²) in [5, 5.41) is 4.77. The van der Waals surface area contributed by atoms with E-state index >= 15 is 0 Å². The third kappa shape index (κ3) is 3.35. The van der Waals surface area contributed by atoms with Crippen LogP contribution in [0.4, 0.5) is 20.2 Å². The number of anilines is 2. The number of carbonyl (C=O) groups excluding carboxylic acids is 2. The monoisotopic (exact) mass is 426 g/mol. The first kappa shape index (κ1) is 19.8. The Morgan fingerprint density at radius 2 is 1.83 bits per heavy atom. The van der Waals surface area contributed by atoms with Crippen molar-refractivity contribution in [1.29, 1.82) is 0 Å². The van der Waals surface area contributed by atoms with Crippen molar-refractivity contribution in [3.05, 3.63) is 81.7 Å². The molecule has 30 heavy (non-hydrogen) atoms. The van der Waals surface area contributed by atoms with Gasteiger partial charge in [0.25, 0.3) is 11.8 Å². The summed E-state index contributed by atoms with van der Waals surface area (Å²) in [5.41, 5.74) is 1.20. The second-order valence-electron chi connectivity index (χ2n) is 6.60. The highest BCUT2D eigenvalue weighted by molar-refractivity contribution is 7.11. The number of ether oxygens (including phenoxy) is 1. The smallest absolute Gasteiger partial charge is 0.282 e. The molecule has 0 unspecified atom stereocenters. The van der Waals surface area contributed by atoms with Gasteiger partial charge in [-0.25, -0.2) is 13.7 Å². The van der Waals surface area contributed by atoms with Crippen molar-refractivity contribution in [2.24, 2.45) is 0 Å². The molecule has 2 amide bonds. The first-order valence-electron chi connectivity index (χ1n) is 8.94. The number of rotatable bonds is 5. The Morgan fingerprint density at radius 1 is 1.03 bits per heavy atom. The number of aryl methyl sites for hydroxylation is 1. The number of nitrogens with zero attached hydrogens (tertiary/aromatic N) is 1. The summed E-state index contributed by atoms with van der Waals surface area (Å²) in [6, 6.07) is 11.5. The lowest BCUT2D eigenvalue weighted by Crippen LogP contribution is -2.33. The highest BCUT2D eigenvalue weighted by atomic mass is 32.1. The summed E-state index contributed by atoms with van der Waals surface area (Å²) >= 11 is 1.27. The summed E-state index contributed by atoms with van der Waals surface area (Å²) < 4.78 is 33.1. The molecule has 0 spiro atoms. The van der Waals surface area contributed by atoms with E-state index in [1.807, 2.05) is 13.0 Å². The molecule has 0 bridgehead atoms. The van der Waals surface area contributed by atoms with Gasteiger partial charge in [0, 0.05) is 10.9 Å². The van der Waals surface area contributed by atoms with E-state index in [4.69, 9.17) is 4.74 Å². The fraction of sp³-hybridized carbons (Fsp3) is 0.0909. The Balaban J connectivity index is 1.84. The molecule has 5 nitrogen and oxygen atoms in total. The summed E-state index contributed by atoms with van der Waals surface area (Å²) in [4.78, 5) is 27.7. The van der Waals surface area contributed by atoms with Gasteiger partial charge in [0.1, 0.15) is 23.1 Å². The largest absolute Gasteiger partial charge is 0.495 e. The maximum atomic E-state index is 14.4. The number of hydrogen-bond donors (Lipinski definition) is 1. The van der Waals surface area contributed by atoms with Crippen molar-refractivity contribution in [3.63, 3.8) is 0 Å². The van der Waals surface area contributed by atoms with Gasteiger partial charge in [-0.2, -0.15) is 0 Å². The van der Waals surface area contributed by atoms with Gasteiger partial charge in [-0.3, -0.25) is 9.59 Å². The minimum absolute atomic E-state index is 0.00456. The van der Waals surface area contributed by atoms with Crippen LogP contribution in [0.15, 0.2) is 59.6 Å². The number of thiophene rings is 1. The summed E-state index contributed by atoms with van der Waals surface area (Å²) in [6.07, 6.45) is 0. The van der Waals surface area contributed by atoms with Gasteiger partial charge in [0.15, 0.2) is 0 Å². The van der Waals surface area contributed by atoms with Gasteiger partial charge in [-0.1, -0.05) is 12.1 Å². The highest BCUT2D eigenvalue weighted by Crippen LogP contribution is 2.38. The van der Waals surface area contributed by atoms with E-state index in [0.717, 1.165) is 17.7 Å². The Labute approximate surface area is 175 Å². The minimum Gasteiger partial charge on any atom is -0.495 e. The van der Waals surface area contributed by atoms with Crippen LogP contribution in [-0.2, 0) is 9.59 Å². The van der Waals surface area contributed by atoms with E-state index in [9.17, 15) is 18.4 Å². The Bertz CT molecular complexity index is 1190. The van der Waals surface area contributed by atoms with Crippen molar-refractivity contribution < 1.29 is 23.1 Å². The molecule has 1 aliphatic rings. The van der Waals surface area contributed by atoms with E-state index in [2.05, 4.69) is 5.32 Å². The zero-order chi connectivity index (χ0) is 21.4. The number of hydrogen-bond acceptors (Lipinski definition) is 5. The molecule has 0 atom stereocenters. The lowest BCUT2D eigenvalue weighted by molar-refractivity contribution is -0.120. The van der Waals surface area contributed by atoms with Crippen LogP contribution in [0.2, 0.25) is 0 Å². The second-order valence-corrected chi connectivity index (χ2v) is 7.55. The number of nitrogens with one attached hydrogen (secondary N) is 1. The minimum atomic E-state index is -1.00. The predicted molar refractivity (Wildman–Crippen MR) is 111 cm³/mol. The fourth-order valence-electron chi connectivity index (χ4n) is 3.23. The number of benzene rings is 2. The van der Waals surface area contributed by atoms with Crippen LogP contribution in [0, 0.1) is 18.6 Å². The number of imide groups is 1. The van der Waals surface area contributed by atoms with E-state index in [1.165, 1.54) is 18.4 Å². The van der Waals surface area contributed by atoms with Crippen molar-refractivity contribution in [3.8, 4) is 5.75 Å². The first-order valence-corrected chi connectivity index (χ1v) is 9.82. The number of halogens is 2. The molecule has 2 heterocycles. The van der Waals surface area contributed by atoms with Crippen molar-refractivity contribution in [2.75, 3.05) is 17.3 Å². The second kappa shape index (κ2) is 7.72. The van der Waals surface area contributed by atoms with E-state index in [0.29, 0.717) is 27.3 Å². The lowest BCUT2D eigenvalue weighted by Gasteiger charge is -2.16. The number of methoxy groups -OCH3 is 1. The topological polar surface area (TPSA) is 58.6 Å². The zero-order valence-corrected chi connectivity index (χ0v) is 16.8. The van der Waals surface area contributed by atoms with Crippen LogP contribution in [0.5, 0.6) is 5.75 Å². The van der Waals surface area contributed by atoms with Crippen molar-refractivity contribution in [2.45, 2.75) is 6.92 Å². The molecule has 2 aromatic carbocycles. The summed E-state index contributed by atoms with van der Waals surface area (Å²) in [5.74, 6) is -2.76. The molecule has 1 aliphatic heterocycles. The summed E-state index contributed by atoms with van der Waals surface area (Å²) in [7, 11) is 1.49. The molecule has 0 saturated heterocycles. The molecule has 0 aliphatic carbocycles. The third-order valence-electron chi connectivity index (χ3n) is 4.62. The maximum absolute atomic E-state index is 14.4. The standard InChI is InChI=1S/C22H16F2N2O3S/c1-12-5-8-17(29-2)15(10-12)25-20-19(18-4-3-9-30-18)21(27)26(22(20)28)16-7-6-13(23)11-14(16)24/h3-11,25H,1-2H3. The number of carbonyl (C=O) groups is 2. The Kier molecular flexibility index (Phi) is 5.09. The van der Waals surface area contributed by atoms with Gasteiger partial charge < -0.3 is 10.1 Å². The van der Waals surface area contributed by atoms with Crippen LogP contribution < -0.4 is 15.0 Å². The highest BCUT2D eigenvalue weighted by Gasteiger charge is 2.42. The fourth-order valence-corrected chi connectivity index (χ4v) is 4.00. The van der Waals surface area contributed by atoms with Crippen LogP contribution in [-0.4, -0.2) is 18.9 Å². The van der Waals surface area contributed by atoms with E-state index in [-0.39, 0.29) is 17.0 Å². The van der Waals surface area contributed by atoms with E-state index in [1.54, 1.807) is 29.6 Å². The lowest BCUT2D eigenvalue weighted by atomic mass is 10.1.